The summed E-state index contributed by atoms with van der Waals surface area (Å²) < 4.78 is 4.60. The second-order valence-corrected chi connectivity index (χ2v) is 4.86. The van der Waals surface area contributed by atoms with Gasteiger partial charge in [-0.05, 0) is 12.8 Å². The molecule has 2 heterocycles. The second kappa shape index (κ2) is 5.44. The third-order valence-electron chi connectivity index (χ3n) is 3.82. The van der Waals surface area contributed by atoms with Crippen molar-refractivity contribution in [3.05, 3.63) is 18.1 Å². The first-order chi connectivity index (χ1) is 9.52. The lowest BCUT2D eigenvalue weighted by Crippen LogP contribution is -2.34. The highest BCUT2D eigenvalue weighted by molar-refractivity contribution is 5.87. The van der Waals surface area contributed by atoms with Crippen molar-refractivity contribution in [3.63, 3.8) is 0 Å². The van der Waals surface area contributed by atoms with Crippen molar-refractivity contribution >= 4 is 17.8 Å². The van der Waals surface area contributed by atoms with Gasteiger partial charge in [0.05, 0.1) is 24.9 Å². The summed E-state index contributed by atoms with van der Waals surface area (Å²) in [5.41, 5.74) is -0.627. The van der Waals surface area contributed by atoms with E-state index in [1.807, 2.05) is 11.8 Å². The van der Waals surface area contributed by atoms with Crippen LogP contribution in [0.5, 0.6) is 0 Å². The Labute approximate surface area is 116 Å². The normalized spacial score (nSPS) is 21.8. The van der Waals surface area contributed by atoms with Crippen molar-refractivity contribution in [1.82, 2.24) is 9.97 Å². The number of carboxylic acids is 1. The molecule has 7 nitrogen and oxygen atoms in total. The van der Waals surface area contributed by atoms with E-state index in [-0.39, 0.29) is 5.69 Å². The predicted molar refractivity (Wildman–Crippen MR) is 70.6 cm³/mol. The van der Waals surface area contributed by atoms with Gasteiger partial charge in [0, 0.05) is 13.1 Å². The molecule has 108 valence electrons. The third-order valence-corrected chi connectivity index (χ3v) is 3.82. The van der Waals surface area contributed by atoms with E-state index in [4.69, 9.17) is 0 Å². The van der Waals surface area contributed by atoms with E-state index in [9.17, 15) is 14.7 Å². The number of rotatable bonds is 4. The Bertz CT molecular complexity index is 534. The van der Waals surface area contributed by atoms with Gasteiger partial charge in [-0.15, -0.1) is 0 Å². The zero-order valence-electron chi connectivity index (χ0n) is 11.5. The fourth-order valence-corrected chi connectivity index (χ4v) is 2.39. The molecule has 1 atom stereocenters. The Hall–Kier alpha value is -2.18. The summed E-state index contributed by atoms with van der Waals surface area (Å²) in [7, 11) is 1.28. The van der Waals surface area contributed by atoms with Gasteiger partial charge in [0.1, 0.15) is 5.82 Å². The molecule has 0 saturated carbocycles. The Morgan fingerprint density at radius 1 is 1.50 bits per heavy atom. The zero-order valence-corrected chi connectivity index (χ0v) is 11.5. The Kier molecular flexibility index (Phi) is 3.87. The van der Waals surface area contributed by atoms with Crippen LogP contribution in [0.2, 0.25) is 0 Å². The van der Waals surface area contributed by atoms with Gasteiger partial charge in [-0.1, -0.05) is 6.92 Å². The molecule has 0 spiro atoms. The van der Waals surface area contributed by atoms with Gasteiger partial charge < -0.3 is 14.7 Å². The lowest BCUT2D eigenvalue weighted by molar-refractivity contribution is -0.147. The van der Waals surface area contributed by atoms with E-state index in [1.165, 1.54) is 19.5 Å². The summed E-state index contributed by atoms with van der Waals surface area (Å²) in [6, 6.07) is 0. The molecule has 0 aromatic carbocycles. The number of aliphatic carboxylic acids is 1. The third kappa shape index (κ3) is 2.43. The first-order valence-corrected chi connectivity index (χ1v) is 6.41. The van der Waals surface area contributed by atoms with E-state index >= 15 is 0 Å². The number of carbonyl (C=O) groups excluding carboxylic acids is 1. The van der Waals surface area contributed by atoms with Crippen LogP contribution < -0.4 is 4.90 Å². The average molecular weight is 279 g/mol. The molecular weight excluding hydrogens is 262 g/mol. The van der Waals surface area contributed by atoms with Crippen molar-refractivity contribution in [2.75, 3.05) is 25.1 Å². The molecule has 1 saturated heterocycles. The van der Waals surface area contributed by atoms with Crippen molar-refractivity contribution < 1.29 is 19.4 Å². The summed E-state index contributed by atoms with van der Waals surface area (Å²) in [5, 5.41) is 9.37. The first kappa shape index (κ1) is 14.2. The maximum absolute atomic E-state index is 11.4. The van der Waals surface area contributed by atoms with Gasteiger partial charge in [0.15, 0.2) is 5.69 Å². The van der Waals surface area contributed by atoms with Crippen molar-refractivity contribution in [2.45, 2.75) is 19.8 Å². The molecule has 1 aromatic heterocycles. The number of methoxy groups -OCH3 is 1. The molecule has 1 unspecified atom stereocenters. The fourth-order valence-electron chi connectivity index (χ4n) is 2.39. The lowest BCUT2D eigenvalue weighted by atomic mass is 9.84. The summed E-state index contributed by atoms with van der Waals surface area (Å²) >= 11 is 0. The minimum atomic E-state index is -0.792. The molecule has 1 aliphatic rings. The maximum atomic E-state index is 11.4. The molecule has 1 N–H and O–H groups in total. The molecule has 1 aliphatic heterocycles. The molecule has 0 amide bonds. The Balaban J connectivity index is 2.22. The van der Waals surface area contributed by atoms with Crippen LogP contribution in [0.15, 0.2) is 12.4 Å². The molecule has 0 bridgehead atoms. The highest BCUT2D eigenvalue weighted by Crippen LogP contribution is 2.35. The van der Waals surface area contributed by atoms with Crippen LogP contribution in [0.25, 0.3) is 0 Å². The van der Waals surface area contributed by atoms with Gasteiger partial charge in [-0.25, -0.2) is 9.78 Å². The van der Waals surface area contributed by atoms with Gasteiger partial charge >= 0.3 is 11.9 Å². The summed E-state index contributed by atoms with van der Waals surface area (Å²) in [6.45, 7) is 2.83. The molecule has 1 fully saturated rings. The number of aromatic nitrogens is 2. The van der Waals surface area contributed by atoms with Crippen LogP contribution in [-0.4, -0.2) is 47.2 Å². The largest absolute Gasteiger partial charge is 0.481 e. The monoisotopic (exact) mass is 279 g/mol. The number of nitrogens with zero attached hydrogens (tertiary/aromatic N) is 3. The molecule has 20 heavy (non-hydrogen) atoms. The van der Waals surface area contributed by atoms with E-state index in [2.05, 4.69) is 14.7 Å². The first-order valence-electron chi connectivity index (χ1n) is 6.41. The number of carboxylic acid groups (broad SMARTS) is 1. The second-order valence-electron chi connectivity index (χ2n) is 4.86. The van der Waals surface area contributed by atoms with E-state index in [0.717, 1.165) is 0 Å². The van der Waals surface area contributed by atoms with Crippen LogP contribution in [0.1, 0.15) is 30.3 Å². The number of esters is 1. The molecular formula is C13H17N3O4. The van der Waals surface area contributed by atoms with Crippen LogP contribution >= 0.6 is 0 Å². The van der Waals surface area contributed by atoms with Gasteiger partial charge in [-0.3, -0.25) is 9.78 Å². The fraction of sp³-hybridized carbons (Fsp3) is 0.538. The number of hydrogen-bond donors (Lipinski definition) is 1. The number of anilines is 1. The topological polar surface area (TPSA) is 92.6 Å². The Morgan fingerprint density at radius 2 is 2.25 bits per heavy atom. The summed E-state index contributed by atoms with van der Waals surface area (Å²) in [5.74, 6) is -0.845. The number of carbonyl (C=O) groups is 2. The molecule has 0 radical (unpaired) electrons. The zero-order chi connectivity index (χ0) is 14.8. The summed E-state index contributed by atoms with van der Waals surface area (Å²) in [4.78, 5) is 32.8. The lowest BCUT2D eigenvalue weighted by Gasteiger charge is -2.23. The van der Waals surface area contributed by atoms with Crippen molar-refractivity contribution in [3.8, 4) is 0 Å². The van der Waals surface area contributed by atoms with Crippen LogP contribution in [0, 0.1) is 5.41 Å². The molecule has 2 rings (SSSR count). The van der Waals surface area contributed by atoms with Gasteiger partial charge in [0.2, 0.25) is 0 Å². The number of hydrogen-bond acceptors (Lipinski definition) is 6. The van der Waals surface area contributed by atoms with Gasteiger partial charge in [0.25, 0.3) is 0 Å². The highest BCUT2D eigenvalue weighted by Gasteiger charge is 2.43. The molecule has 0 aliphatic carbocycles. The predicted octanol–water partition coefficient (Wildman–Crippen LogP) is 0.954. The molecule has 1 aromatic rings. The number of ether oxygens (including phenoxy) is 1. The van der Waals surface area contributed by atoms with Gasteiger partial charge in [-0.2, -0.15) is 0 Å². The minimum absolute atomic E-state index is 0.120. The SMILES string of the molecule is CCC1(C(=O)O)CCN(c2cncc(C(=O)OC)n2)C1. The minimum Gasteiger partial charge on any atom is -0.481 e. The van der Waals surface area contributed by atoms with Crippen LogP contribution in [0.3, 0.4) is 0 Å². The van der Waals surface area contributed by atoms with Crippen LogP contribution in [0.4, 0.5) is 5.82 Å². The van der Waals surface area contributed by atoms with E-state index < -0.39 is 17.4 Å². The highest BCUT2D eigenvalue weighted by atomic mass is 16.5. The maximum Gasteiger partial charge on any atom is 0.358 e. The van der Waals surface area contributed by atoms with Crippen LogP contribution in [-0.2, 0) is 9.53 Å². The standard InChI is InChI=1S/C13H17N3O4/c1-3-13(12(18)19)4-5-16(8-13)10-7-14-6-9(15-10)11(17)20-2/h6-7H,3-5,8H2,1-2H3,(H,18,19). The molecule has 7 heteroatoms. The quantitative estimate of drug-likeness (QED) is 0.820. The van der Waals surface area contributed by atoms with Crippen molar-refractivity contribution in [2.24, 2.45) is 5.41 Å². The van der Waals surface area contributed by atoms with E-state index in [1.54, 1.807) is 0 Å². The summed E-state index contributed by atoms with van der Waals surface area (Å²) in [6.07, 6.45) is 3.97. The Morgan fingerprint density at radius 3 is 2.80 bits per heavy atom. The van der Waals surface area contributed by atoms with E-state index in [0.29, 0.717) is 31.7 Å². The smallest absolute Gasteiger partial charge is 0.358 e. The average Bonchev–Trinajstić information content (AvgIpc) is 2.92. The van der Waals surface area contributed by atoms with Crippen molar-refractivity contribution in [1.29, 1.82) is 0 Å².